The summed E-state index contributed by atoms with van der Waals surface area (Å²) in [7, 11) is 1.41. The van der Waals surface area contributed by atoms with E-state index in [9.17, 15) is 86.9 Å². The van der Waals surface area contributed by atoms with Crippen molar-refractivity contribution < 1.29 is 149 Å². The van der Waals surface area contributed by atoms with E-state index in [-0.39, 0.29) is 250 Å². The molecule has 0 spiro atoms. The number of carbonyl (C=O) groups is 16. The number of anilines is 2. The van der Waals surface area contributed by atoms with E-state index in [0.29, 0.717) is 106 Å². The van der Waals surface area contributed by atoms with Crippen LogP contribution in [-0.4, -0.2) is 313 Å². The molecule has 0 aliphatic carbocycles. The molecule has 4 aromatic rings. The summed E-state index contributed by atoms with van der Waals surface area (Å²) in [6.45, 7) is 20.3. The molecule has 0 saturated carbocycles. The maximum atomic E-state index is 14.5. The SMILES string of the molecule is COc1cc2c(cc1OCCCCCOc1cc3c(cc1C)C(=O)N1C=C(C)C[C@H]1[C@H](O)N3C(=O)OCc1ccc(CC(=O)[C@H](C)NC(=O)[C@@H](CC(=O)CCOCCOCCOCCOCCNC(=O)CCN3C(=O)C=CC3=O)C(C)C)cc1)N(C(=O)OCc1ccc(CC(=O)[C@H](C)NC(=O)[C@@H](CC(=O)CCOCCOCCOCCOCCNC(=O)CCN3C(=O)C=CC3=O)C(C)C)cc1)[C@@H](O)[C@@H]1CC(C)=CN1C2=O. The van der Waals surface area contributed by atoms with Gasteiger partial charge in [0, 0.05) is 138 Å². The highest BCUT2D eigenvalue weighted by Crippen LogP contribution is 2.44. The first-order chi connectivity index (χ1) is 70.1. The second-order valence-corrected chi connectivity index (χ2v) is 37.0. The topological polar surface area (TPSA) is 501 Å². The van der Waals surface area contributed by atoms with E-state index >= 15 is 0 Å². The van der Waals surface area contributed by atoms with Gasteiger partial charge in [-0.05, 0) is 119 Å². The molecule has 10 rings (SSSR count). The van der Waals surface area contributed by atoms with E-state index in [2.05, 4.69) is 21.3 Å². The second kappa shape index (κ2) is 58.5. The van der Waals surface area contributed by atoms with E-state index in [1.165, 1.54) is 53.3 Å². The third kappa shape index (κ3) is 34.7. The molecule has 8 atom stereocenters. The van der Waals surface area contributed by atoms with Gasteiger partial charge >= 0.3 is 12.2 Å². The molecule has 6 heterocycles. The Labute approximate surface area is 849 Å². The van der Waals surface area contributed by atoms with Crippen LogP contribution in [0.5, 0.6) is 17.2 Å². The third-order valence-corrected chi connectivity index (χ3v) is 25.2. The minimum absolute atomic E-state index is 0.00274. The van der Waals surface area contributed by atoms with Crippen molar-refractivity contribution in [3.8, 4) is 17.2 Å². The fourth-order valence-corrected chi connectivity index (χ4v) is 16.7. The second-order valence-electron chi connectivity index (χ2n) is 37.0. The Morgan fingerprint density at radius 3 is 1.12 bits per heavy atom. The normalized spacial score (nSPS) is 17.1. The van der Waals surface area contributed by atoms with Crippen molar-refractivity contribution in [1.82, 2.24) is 40.9 Å². The molecular weight excluding hydrogens is 1900 g/mol. The molecule has 41 heteroatoms. The van der Waals surface area contributed by atoms with Gasteiger partial charge in [0.05, 0.1) is 173 Å². The minimum Gasteiger partial charge on any atom is -0.493 e. The van der Waals surface area contributed by atoms with Crippen molar-refractivity contribution in [2.45, 2.75) is 196 Å². The molecule has 794 valence electrons. The Morgan fingerprint density at radius 1 is 0.404 bits per heavy atom. The summed E-state index contributed by atoms with van der Waals surface area (Å²) in [5.74, 6) is -6.30. The Hall–Kier alpha value is -12.8. The molecule has 146 heavy (non-hydrogen) atoms. The van der Waals surface area contributed by atoms with Crippen molar-refractivity contribution in [1.29, 1.82) is 0 Å². The van der Waals surface area contributed by atoms with E-state index in [0.717, 1.165) is 30.7 Å². The average Bonchev–Trinajstić information content (AvgIpc) is 1.60. The summed E-state index contributed by atoms with van der Waals surface area (Å²) >= 11 is 0. The summed E-state index contributed by atoms with van der Waals surface area (Å²) in [5.41, 5.74) is 4.71. The molecule has 0 saturated heterocycles. The average molecular weight is 2040 g/mol. The van der Waals surface area contributed by atoms with Gasteiger partial charge in [0.15, 0.2) is 35.5 Å². The molecule has 41 nitrogen and oxygen atoms in total. The van der Waals surface area contributed by atoms with Crippen LogP contribution in [0, 0.1) is 30.6 Å². The number of carbonyl (C=O) groups excluding carboxylic acids is 16. The lowest BCUT2D eigenvalue weighted by Gasteiger charge is -2.31. The lowest BCUT2D eigenvalue weighted by Crippen LogP contribution is -2.50. The van der Waals surface area contributed by atoms with Crippen LogP contribution >= 0.6 is 0 Å². The smallest absolute Gasteiger partial charge is 0.416 e. The summed E-state index contributed by atoms with van der Waals surface area (Å²) < 4.78 is 74.4. The van der Waals surface area contributed by atoms with Crippen molar-refractivity contribution in [2.75, 3.05) is 162 Å². The number of hydrogen-bond acceptors (Lipinski definition) is 31. The number of amides is 12. The van der Waals surface area contributed by atoms with Crippen molar-refractivity contribution in [3.05, 3.63) is 160 Å². The van der Waals surface area contributed by atoms with Crippen LogP contribution in [-0.2, 0) is 131 Å². The predicted molar refractivity (Wildman–Crippen MR) is 527 cm³/mol. The van der Waals surface area contributed by atoms with Crippen LogP contribution in [0.15, 0.2) is 121 Å². The quantitative estimate of drug-likeness (QED) is 0.0186. The summed E-state index contributed by atoms with van der Waals surface area (Å²) in [6.07, 6.45) is 4.87. The van der Waals surface area contributed by atoms with Gasteiger partial charge in [-0.2, -0.15) is 0 Å². The number of Topliss-reactive ketones (excluding diaryl/α,β-unsaturated/α-hetero) is 4. The molecule has 0 radical (unpaired) electrons. The number of imide groups is 2. The van der Waals surface area contributed by atoms with Gasteiger partial charge in [-0.3, -0.25) is 76.9 Å². The molecule has 12 amide bonds. The number of nitrogens with zero attached hydrogens (tertiary/aromatic N) is 6. The van der Waals surface area contributed by atoms with Crippen LogP contribution in [0.1, 0.15) is 175 Å². The zero-order valence-electron chi connectivity index (χ0n) is 84.7. The van der Waals surface area contributed by atoms with E-state index in [1.807, 2.05) is 41.5 Å². The Balaban J connectivity index is 0.618. The lowest BCUT2D eigenvalue weighted by molar-refractivity contribution is -0.139. The van der Waals surface area contributed by atoms with Gasteiger partial charge in [-0.25, -0.2) is 19.4 Å². The van der Waals surface area contributed by atoms with Gasteiger partial charge in [0.1, 0.15) is 30.5 Å². The number of ketones is 4. The first-order valence-corrected chi connectivity index (χ1v) is 49.6. The summed E-state index contributed by atoms with van der Waals surface area (Å²) in [5, 5.41) is 35.2. The Kier molecular flexibility index (Phi) is 46.1. The van der Waals surface area contributed by atoms with Crippen LogP contribution in [0.25, 0.3) is 0 Å². The summed E-state index contributed by atoms with van der Waals surface area (Å²) in [6, 6.07) is 16.1. The monoisotopic (exact) mass is 2030 g/mol. The lowest BCUT2D eigenvalue weighted by atomic mass is 9.88. The predicted octanol–water partition coefficient (Wildman–Crippen LogP) is 7.29. The molecule has 4 aromatic carbocycles. The van der Waals surface area contributed by atoms with Gasteiger partial charge in [-0.1, -0.05) is 87.4 Å². The number of ether oxygens (including phenoxy) is 13. The fourth-order valence-electron chi connectivity index (χ4n) is 16.7. The molecule has 0 aromatic heterocycles. The Morgan fingerprint density at radius 2 is 0.747 bits per heavy atom. The number of methoxy groups -OCH3 is 1. The molecule has 6 aliphatic heterocycles. The number of aryl methyl sites for hydroxylation is 1. The zero-order valence-corrected chi connectivity index (χ0v) is 84.7. The number of unbranched alkanes of at least 4 members (excludes halogenated alkanes) is 2. The van der Waals surface area contributed by atoms with E-state index < -0.39 is 108 Å². The standard InChI is InChI=1S/C105H138N10O31/c1-66(2)79(57-77(116)28-36-135-40-44-139-48-50-141-46-42-137-38-30-106-92(120)26-32-110-94(122)22-23-95(110)123)98(126)108-71(8)87(118)55-73-14-18-75(19-15-73)64-145-104(132)114-83-60-89(70(7)54-81(83)100(128)112-62-68(5)52-85(112)102(114)130)143-34-12-11-13-35-144-91-61-84-82(59-90(91)134-10)101(129)113-63-69(6)53-86(113)103(131)115(84)105(133)146-65-76-20-16-74(17-21-76)56-88(119)72(9)109-99(127)80(67(3)4)58-78(117)29-37-136-41-45-140-49-51-142-47-43-138-39-31-107-93(121)27-33-111-96(124)24-25-97(111)125/h14-25,54,59-63,66-67,71-72,79-80,85-86,102-103,130-131H,11-13,26-53,55-58,64-65H2,1-10H3,(H,106,120)(H,107,121)(H,108,126)(H,109,127)/t71-,72-,79-,80-,85-,86-,102-,103-/m0/s1. The van der Waals surface area contributed by atoms with Crippen LogP contribution in [0.2, 0.25) is 0 Å². The highest BCUT2D eigenvalue weighted by molar-refractivity contribution is 6.14. The largest absolute Gasteiger partial charge is 0.493 e. The first-order valence-electron chi connectivity index (χ1n) is 49.6. The highest BCUT2D eigenvalue weighted by atomic mass is 16.6. The molecule has 0 fully saturated rings. The molecular formula is C105H138N10O31. The molecule has 6 N–H and O–H groups in total. The fraction of sp³-hybridized carbons (Fsp3) is 0.543. The number of aliphatic hydroxyl groups excluding tert-OH is 2. The number of benzene rings is 4. The minimum atomic E-state index is -1.59. The summed E-state index contributed by atoms with van der Waals surface area (Å²) in [4.78, 5) is 216. The van der Waals surface area contributed by atoms with Crippen LogP contribution in [0.3, 0.4) is 0 Å². The maximum absolute atomic E-state index is 14.5. The van der Waals surface area contributed by atoms with Crippen molar-refractivity contribution >= 4 is 106 Å². The van der Waals surface area contributed by atoms with Crippen LogP contribution in [0.4, 0.5) is 21.0 Å². The first kappa shape index (κ1) is 115. The zero-order chi connectivity index (χ0) is 105. The van der Waals surface area contributed by atoms with Gasteiger partial charge in [0.2, 0.25) is 23.6 Å². The van der Waals surface area contributed by atoms with Crippen LogP contribution < -0.4 is 45.3 Å². The van der Waals surface area contributed by atoms with Gasteiger partial charge in [0.25, 0.3) is 35.4 Å². The number of nitrogens with one attached hydrogen (secondary N) is 4. The number of aliphatic hydroxyl groups is 2. The highest BCUT2D eigenvalue weighted by Gasteiger charge is 2.48. The molecule has 0 bridgehead atoms. The maximum Gasteiger partial charge on any atom is 0.416 e. The number of rotatable bonds is 65. The van der Waals surface area contributed by atoms with Crippen molar-refractivity contribution in [3.63, 3.8) is 0 Å². The number of hydrogen-bond donors (Lipinski definition) is 6. The van der Waals surface area contributed by atoms with E-state index in [1.54, 1.807) is 93.8 Å². The number of fused-ring (bicyclic) bond motifs is 4. The van der Waals surface area contributed by atoms with Crippen molar-refractivity contribution in [2.24, 2.45) is 23.7 Å². The molecule has 0 unspecified atom stereocenters. The van der Waals surface area contributed by atoms with Gasteiger partial charge in [-0.15, -0.1) is 0 Å². The Bertz CT molecular complexity index is 5310. The van der Waals surface area contributed by atoms with E-state index in [4.69, 9.17) is 61.6 Å². The van der Waals surface area contributed by atoms with Gasteiger partial charge < -0.3 is 103 Å². The molecule has 6 aliphatic rings. The third-order valence-electron chi connectivity index (χ3n) is 25.2.